The number of sulfonamides is 1. The van der Waals surface area contributed by atoms with Crippen molar-refractivity contribution >= 4 is 27.3 Å². The smallest absolute Gasteiger partial charge is 0.378 e. The van der Waals surface area contributed by atoms with E-state index in [1.54, 1.807) is 47.2 Å². The van der Waals surface area contributed by atoms with Crippen molar-refractivity contribution in [2.75, 3.05) is 11.8 Å². The molecule has 0 radical (unpaired) electrons. The predicted octanol–water partition coefficient (Wildman–Crippen LogP) is 6.00. The Morgan fingerprint density at radius 3 is 2.47 bits per heavy atom. The highest BCUT2D eigenvalue weighted by atomic mass is 35.5. The van der Waals surface area contributed by atoms with Crippen molar-refractivity contribution in [2.45, 2.75) is 44.8 Å². The number of nitrogens with one attached hydrogen (secondary N) is 1. The summed E-state index contributed by atoms with van der Waals surface area (Å²) in [6, 6.07) is 13.3. The largest absolute Gasteiger partial charge is 0.516 e. The van der Waals surface area contributed by atoms with E-state index in [0.717, 1.165) is 18.7 Å². The average Bonchev–Trinajstić information content (AvgIpc) is 3.06. The number of methoxy groups -OCH3 is 1. The summed E-state index contributed by atoms with van der Waals surface area (Å²) < 4.78 is 72.0. The number of hydrogen-bond donors (Lipinski definition) is 1. The summed E-state index contributed by atoms with van der Waals surface area (Å²) in [5.41, 5.74) is -3.51. The van der Waals surface area contributed by atoms with Gasteiger partial charge in [-0.3, -0.25) is 4.72 Å². The maximum Gasteiger partial charge on any atom is 0.516 e. The number of aryl methyl sites for hydroxylation is 1. The van der Waals surface area contributed by atoms with Gasteiger partial charge in [-0.05, 0) is 23.6 Å². The van der Waals surface area contributed by atoms with Crippen LogP contribution in [0.25, 0.3) is 11.1 Å². The molecule has 2 aromatic carbocycles. The molecule has 0 aliphatic heterocycles. The van der Waals surface area contributed by atoms with Crippen LogP contribution in [0, 0.1) is 0 Å². The first-order valence-corrected chi connectivity index (χ1v) is 12.4. The van der Waals surface area contributed by atoms with Gasteiger partial charge >= 0.3 is 15.5 Å². The Bertz CT molecular complexity index is 1230. The molecule has 0 fully saturated rings. The van der Waals surface area contributed by atoms with Crippen molar-refractivity contribution < 1.29 is 26.3 Å². The van der Waals surface area contributed by atoms with Gasteiger partial charge in [0.05, 0.1) is 18.0 Å². The Balaban J connectivity index is 2.07. The highest BCUT2D eigenvalue weighted by Crippen LogP contribution is 2.33. The van der Waals surface area contributed by atoms with Crippen LogP contribution >= 0.6 is 11.6 Å². The first-order chi connectivity index (χ1) is 16.1. The number of halogens is 4. The van der Waals surface area contributed by atoms with Crippen LogP contribution in [-0.4, -0.2) is 30.6 Å². The maximum absolute atomic E-state index is 13.1. The molecule has 0 saturated heterocycles. The molecule has 0 spiro atoms. The molecule has 1 heterocycles. The molecule has 11 heteroatoms. The molecular formula is C23H25ClF3N3O3S. The molecule has 3 aromatic rings. The lowest BCUT2D eigenvalue weighted by Gasteiger charge is -2.17. The van der Waals surface area contributed by atoms with Crippen LogP contribution in [0.2, 0.25) is 5.15 Å². The van der Waals surface area contributed by atoms with E-state index >= 15 is 0 Å². The van der Waals surface area contributed by atoms with E-state index < -0.39 is 15.5 Å². The average molecular weight is 516 g/mol. The zero-order valence-corrected chi connectivity index (χ0v) is 20.3. The number of alkyl halides is 3. The summed E-state index contributed by atoms with van der Waals surface area (Å²) in [7, 11) is -4.09. The normalized spacial score (nSPS) is 12.2. The van der Waals surface area contributed by atoms with E-state index in [1.165, 1.54) is 13.2 Å². The molecule has 184 valence electrons. The molecule has 0 aliphatic rings. The standard InChI is InChI=1S/C23H25ClF3N3O3S/c1-3-4-10-21-28-22(24)20(15-33-2)30(21)14-16-11-12-18(17-8-6-5-7-9-17)19(13-16)29-34(31,32)23(25,26)27/h5-9,11-13,29H,3-4,10,14-15H2,1-2H3. The molecule has 0 unspecified atom stereocenters. The van der Waals surface area contributed by atoms with Crippen LogP contribution in [0.1, 0.15) is 36.8 Å². The molecular weight excluding hydrogens is 491 g/mol. The number of anilines is 1. The van der Waals surface area contributed by atoms with Crippen LogP contribution < -0.4 is 4.72 Å². The van der Waals surface area contributed by atoms with Gasteiger partial charge in [0.1, 0.15) is 5.82 Å². The second-order valence-electron chi connectivity index (χ2n) is 7.69. The topological polar surface area (TPSA) is 73.2 Å². The van der Waals surface area contributed by atoms with Crippen molar-refractivity contribution in [1.29, 1.82) is 0 Å². The fraction of sp³-hybridized carbons (Fsp3) is 0.348. The third-order valence-corrected chi connectivity index (χ3v) is 6.60. The molecule has 1 aromatic heterocycles. The minimum Gasteiger partial charge on any atom is -0.378 e. The molecule has 0 saturated carbocycles. The highest BCUT2D eigenvalue weighted by Gasteiger charge is 2.46. The van der Waals surface area contributed by atoms with Gasteiger partial charge < -0.3 is 9.30 Å². The monoisotopic (exact) mass is 515 g/mol. The number of ether oxygens (including phenoxy) is 1. The van der Waals surface area contributed by atoms with Crippen LogP contribution in [0.5, 0.6) is 0 Å². The summed E-state index contributed by atoms with van der Waals surface area (Å²) in [5.74, 6) is 0.725. The maximum atomic E-state index is 13.1. The van der Waals surface area contributed by atoms with Crippen molar-refractivity contribution in [2.24, 2.45) is 0 Å². The van der Waals surface area contributed by atoms with Crippen LogP contribution in [0.4, 0.5) is 18.9 Å². The molecule has 0 atom stereocenters. The lowest BCUT2D eigenvalue weighted by Crippen LogP contribution is -2.30. The van der Waals surface area contributed by atoms with E-state index in [2.05, 4.69) is 4.98 Å². The van der Waals surface area contributed by atoms with E-state index in [-0.39, 0.29) is 18.8 Å². The molecule has 0 amide bonds. The highest BCUT2D eigenvalue weighted by molar-refractivity contribution is 7.93. The summed E-state index contributed by atoms with van der Waals surface area (Å²) in [4.78, 5) is 4.43. The lowest BCUT2D eigenvalue weighted by molar-refractivity contribution is -0.0429. The Kier molecular flexibility index (Phi) is 8.27. The number of unbranched alkanes of at least 4 members (excludes halogenated alkanes) is 1. The number of benzene rings is 2. The molecule has 6 nitrogen and oxygen atoms in total. The Morgan fingerprint density at radius 1 is 1.15 bits per heavy atom. The fourth-order valence-corrected chi connectivity index (χ4v) is 4.35. The van der Waals surface area contributed by atoms with Crippen molar-refractivity contribution in [3.05, 3.63) is 70.8 Å². The van der Waals surface area contributed by atoms with Gasteiger partial charge in [0.25, 0.3) is 0 Å². The van der Waals surface area contributed by atoms with Crippen molar-refractivity contribution in [1.82, 2.24) is 9.55 Å². The summed E-state index contributed by atoms with van der Waals surface area (Å²) in [6.07, 6.45) is 2.48. The SMILES string of the molecule is CCCCc1nc(Cl)c(COC)n1Cc1ccc(-c2ccccc2)c(NS(=O)(=O)C(F)(F)F)c1. The van der Waals surface area contributed by atoms with E-state index in [9.17, 15) is 21.6 Å². The fourth-order valence-electron chi connectivity index (χ4n) is 3.52. The van der Waals surface area contributed by atoms with Crippen LogP contribution in [0.3, 0.4) is 0 Å². The quantitative estimate of drug-likeness (QED) is 0.359. The zero-order chi connectivity index (χ0) is 24.9. The first-order valence-electron chi connectivity index (χ1n) is 10.6. The Hall–Kier alpha value is -2.56. The molecule has 0 aliphatic carbocycles. The van der Waals surface area contributed by atoms with Crippen LogP contribution in [-0.2, 0) is 34.3 Å². The minimum absolute atomic E-state index is 0.171. The van der Waals surface area contributed by atoms with Gasteiger partial charge in [-0.1, -0.05) is 67.4 Å². The second kappa shape index (κ2) is 10.8. The third-order valence-electron chi connectivity index (χ3n) is 5.20. The van der Waals surface area contributed by atoms with E-state index in [0.29, 0.717) is 34.0 Å². The van der Waals surface area contributed by atoms with E-state index in [4.69, 9.17) is 16.3 Å². The van der Waals surface area contributed by atoms with Crippen molar-refractivity contribution in [3.8, 4) is 11.1 Å². The minimum atomic E-state index is -5.61. The van der Waals surface area contributed by atoms with Crippen molar-refractivity contribution in [3.63, 3.8) is 0 Å². The van der Waals surface area contributed by atoms with Gasteiger partial charge in [-0.25, -0.2) is 4.98 Å². The number of aromatic nitrogens is 2. The summed E-state index contributed by atoms with van der Waals surface area (Å²) in [5, 5.41) is 0.298. The summed E-state index contributed by atoms with van der Waals surface area (Å²) >= 11 is 6.32. The first kappa shape index (κ1) is 26.1. The van der Waals surface area contributed by atoms with Gasteiger partial charge in [-0.2, -0.15) is 21.6 Å². The van der Waals surface area contributed by atoms with Gasteiger partial charge in [-0.15, -0.1) is 0 Å². The third kappa shape index (κ3) is 5.92. The zero-order valence-electron chi connectivity index (χ0n) is 18.7. The van der Waals surface area contributed by atoms with Gasteiger partial charge in [0.15, 0.2) is 5.15 Å². The van der Waals surface area contributed by atoms with Gasteiger partial charge in [0.2, 0.25) is 0 Å². The Morgan fingerprint density at radius 2 is 1.85 bits per heavy atom. The number of nitrogens with zero attached hydrogens (tertiary/aromatic N) is 2. The predicted molar refractivity (Wildman–Crippen MR) is 126 cm³/mol. The molecule has 3 rings (SSSR count). The van der Waals surface area contributed by atoms with Gasteiger partial charge in [0, 0.05) is 25.6 Å². The molecule has 1 N–H and O–H groups in total. The number of hydrogen-bond acceptors (Lipinski definition) is 4. The molecule has 0 bridgehead atoms. The number of imidazole rings is 1. The second-order valence-corrected chi connectivity index (χ2v) is 9.72. The molecule has 34 heavy (non-hydrogen) atoms. The lowest BCUT2D eigenvalue weighted by atomic mass is 10.0. The Labute approximate surface area is 201 Å². The number of rotatable bonds is 10. The summed E-state index contributed by atoms with van der Waals surface area (Å²) in [6.45, 7) is 2.48. The van der Waals surface area contributed by atoms with Crippen LogP contribution in [0.15, 0.2) is 48.5 Å². The van der Waals surface area contributed by atoms with E-state index in [1.807, 2.05) is 11.5 Å².